The topological polar surface area (TPSA) is 21.3 Å². The third-order valence-electron chi connectivity index (χ3n) is 2.53. The molecule has 17 heavy (non-hydrogen) atoms. The average Bonchev–Trinajstić information content (AvgIpc) is 2.28. The van der Waals surface area contributed by atoms with Gasteiger partial charge in [-0.05, 0) is 50.1 Å². The maximum absolute atomic E-state index is 5.78. The number of hydrogen-bond donors (Lipinski definition) is 1. The van der Waals surface area contributed by atoms with Gasteiger partial charge in [0.05, 0.1) is 0 Å². The third-order valence-corrected chi connectivity index (χ3v) is 2.90. The fourth-order valence-corrected chi connectivity index (χ4v) is 1.85. The zero-order valence-electron chi connectivity index (χ0n) is 10.9. The van der Waals surface area contributed by atoms with Crippen molar-refractivity contribution >= 4 is 11.6 Å². The molecule has 0 spiro atoms. The molecule has 0 aliphatic carbocycles. The molecule has 1 rings (SSSR count). The van der Waals surface area contributed by atoms with E-state index in [0.29, 0.717) is 6.61 Å². The van der Waals surface area contributed by atoms with Crippen molar-refractivity contribution in [1.82, 2.24) is 5.32 Å². The minimum Gasteiger partial charge on any atom is -0.489 e. The van der Waals surface area contributed by atoms with Gasteiger partial charge in [-0.25, -0.2) is 0 Å². The molecule has 3 heteroatoms. The van der Waals surface area contributed by atoms with Crippen LogP contribution in [-0.4, -0.2) is 13.7 Å². The Morgan fingerprint density at radius 3 is 2.41 bits per heavy atom. The van der Waals surface area contributed by atoms with Crippen molar-refractivity contribution in [2.45, 2.75) is 27.3 Å². The van der Waals surface area contributed by atoms with Gasteiger partial charge in [0, 0.05) is 12.1 Å². The van der Waals surface area contributed by atoms with E-state index in [2.05, 4.69) is 31.3 Å². The van der Waals surface area contributed by atoms with Crippen molar-refractivity contribution in [3.8, 4) is 5.75 Å². The number of benzene rings is 1. The molecule has 0 heterocycles. The van der Waals surface area contributed by atoms with Gasteiger partial charge < -0.3 is 10.1 Å². The minimum absolute atomic E-state index is 0.538. The van der Waals surface area contributed by atoms with E-state index in [9.17, 15) is 0 Å². The molecule has 0 saturated carbocycles. The highest BCUT2D eigenvalue weighted by Gasteiger charge is 2.06. The van der Waals surface area contributed by atoms with Crippen molar-refractivity contribution in [2.75, 3.05) is 13.7 Å². The fraction of sp³-hybridized carbons (Fsp3) is 0.429. The van der Waals surface area contributed by atoms with Crippen LogP contribution in [0, 0.1) is 13.8 Å². The Hall–Kier alpha value is -0.990. The molecule has 0 atom stereocenters. The summed E-state index contributed by atoms with van der Waals surface area (Å²) in [4.78, 5) is 0. The number of rotatable bonds is 5. The summed E-state index contributed by atoms with van der Waals surface area (Å²) in [5.74, 6) is 0.961. The van der Waals surface area contributed by atoms with E-state index in [0.717, 1.165) is 29.0 Å². The van der Waals surface area contributed by atoms with E-state index in [1.165, 1.54) is 5.56 Å². The molecule has 0 aromatic heterocycles. The fourth-order valence-electron chi connectivity index (χ4n) is 1.79. The maximum atomic E-state index is 5.78. The Bertz CT molecular complexity index is 390. The number of hydrogen-bond acceptors (Lipinski definition) is 2. The predicted octanol–water partition coefficient (Wildman–Crippen LogP) is 3.54. The Labute approximate surface area is 109 Å². The van der Waals surface area contributed by atoms with Crippen molar-refractivity contribution in [3.63, 3.8) is 0 Å². The Balaban J connectivity index is 2.86. The van der Waals surface area contributed by atoms with Crippen molar-refractivity contribution < 1.29 is 4.74 Å². The molecule has 0 aliphatic heterocycles. The van der Waals surface area contributed by atoms with Gasteiger partial charge in [0.25, 0.3) is 0 Å². The van der Waals surface area contributed by atoms with Gasteiger partial charge in [0.15, 0.2) is 0 Å². The second-order valence-corrected chi connectivity index (χ2v) is 4.55. The van der Waals surface area contributed by atoms with Gasteiger partial charge in [-0.15, -0.1) is 0 Å². The van der Waals surface area contributed by atoms with Crippen molar-refractivity contribution in [1.29, 1.82) is 0 Å². The molecule has 0 fully saturated rings. The molecule has 2 nitrogen and oxygen atoms in total. The summed E-state index contributed by atoms with van der Waals surface area (Å²) in [7, 11) is 1.95. The van der Waals surface area contributed by atoms with Gasteiger partial charge in [0.1, 0.15) is 12.4 Å². The van der Waals surface area contributed by atoms with Crippen LogP contribution in [-0.2, 0) is 6.54 Å². The third kappa shape index (κ3) is 4.06. The first-order valence-corrected chi connectivity index (χ1v) is 6.15. The molecular formula is C14H20ClNO. The molecule has 1 aromatic carbocycles. The largest absolute Gasteiger partial charge is 0.489 e. The van der Waals surface area contributed by atoms with Crippen LogP contribution in [0.5, 0.6) is 5.75 Å². The van der Waals surface area contributed by atoms with Crippen LogP contribution in [0.4, 0.5) is 0 Å². The summed E-state index contributed by atoms with van der Waals surface area (Å²) in [6.07, 6.45) is 0. The van der Waals surface area contributed by atoms with Crippen molar-refractivity contribution in [3.05, 3.63) is 39.9 Å². The number of nitrogens with one attached hydrogen (secondary N) is 1. The van der Waals surface area contributed by atoms with Gasteiger partial charge in [-0.1, -0.05) is 23.7 Å². The van der Waals surface area contributed by atoms with E-state index >= 15 is 0 Å². The summed E-state index contributed by atoms with van der Waals surface area (Å²) in [5.41, 5.74) is 6.18. The van der Waals surface area contributed by atoms with Crippen LogP contribution in [0.2, 0.25) is 0 Å². The van der Waals surface area contributed by atoms with E-state index in [4.69, 9.17) is 16.3 Å². The number of ether oxygens (including phenoxy) is 1. The lowest BCUT2D eigenvalue weighted by atomic mass is 10.1. The maximum Gasteiger partial charge on any atom is 0.125 e. The molecular weight excluding hydrogens is 234 g/mol. The lowest BCUT2D eigenvalue weighted by molar-refractivity contribution is 0.347. The highest BCUT2D eigenvalue weighted by molar-refractivity contribution is 6.25. The van der Waals surface area contributed by atoms with E-state index in [1.807, 2.05) is 14.0 Å². The zero-order chi connectivity index (χ0) is 12.8. The van der Waals surface area contributed by atoms with E-state index < -0.39 is 0 Å². The summed E-state index contributed by atoms with van der Waals surface area (Å²) in [6.45, 7) is 7.51. The van der Waals surface area contributed by atoms with E-state index in [-0.39, 0.29) is 0 Å². The standard InChI is InChI=1S/C14H20ClNO/c1-10(7-15)9-17-14-11(2)5-13(8-16-4)6-12(14)3/h5-7,16H,8-9H2,1-4H3/b10-7+. The van der Waals surface area contributed by atoms with Crippen LogP contribution in [0.25, 0.3) is 0 Å². The van der Waals surface area contributed by atoms with E-state index in [1.54, 1.807) is 5.54 Å². The highest BCUT2D eigenvalue weighted by atomic mass is 35.5. The first-order valence-electron chi connectivity index (χ1n) is 5.72. The van der Waals surface area contributed by atoms with Crippen LogP contribution in [0.1, 0.15) is 23.6 Å². The molecule has 0 saturated heterocycles. The molecule has 1 N–H and O–H groups in total. The van der Waals surface area contributed by atoms with Gasteiger partial charge >= 0.3 is 0 Å². The van der Waals surface area contributed by atoms with Crippen LogP contribution < -0.4 is 10.1 Å². The minimum atomic E-state index is 0.538. The van der Waals surface area contributed by atoms with Crippen molar-refractivity contribution in [2.24, 2.45) is 0 Å². The van der Waals surface area contributed by atoms with Crippen LogP contribution >= 0.6 is 11.6 Å². The molecule has 0 unspecified atom stereocenters. The summed E-state index contributed by atoms with van der Waals surface area (Å²) in [5, 5.41) is 3.15. The molecule has 1 aromatic rings. The molecule has 94 valence electrons. The quantitative estimate of drug-likeness (QED) is 0.867. The first-order chi connectivity index (χ1) is 8.08. The Morgan fingerprint density at radius 1 is 1.35 bits per heavy atom. The number of halogens is 1. The lowest BCUT2D eigenvalue weighted by Crippen LogP contribution is -2.07. The molecule has 0 bridgehead atoms. The van der Waals surface area contributed by atoms with Gasteiger partial charge in [-0.2, -0.15) is 0 Å². The molecule has 0 amide bonds. The highest BCUT2D eigenvalue weighted by Crippen LogP contribution is 2.25. The first kappa shape index (κ1) is 14.1. The smallest absolute Gasteiger partial charge is 0.125 e. The summed E-state index contributed by atoms with van der Waals surface area (Å²) < 4.78 is 5.78. The summed E-state index contributed by atoms with van der Waals surface area (Å²) >= 11 is 5.61. The molecule has 0 aliphatic rings. The average molecular weight is 254 g/mol. The second kappa shape index (κ2) is 6.67. The molecule has 0 radical (unpaired) electrons. The second-order valence-electron chi connectivity index (χ2n) is 4.33. The number of aryl methyl sites for hydroxylation is 2. The normalized spacial score (nSPS) is 11.7. The lowest BCUT2D eigenvalue weighted by Gasteiger charge is -2.14. The van der Waals surface area contributed by atoms with Gasteiger partial charge in [0.2, 0.25) is 0 Å². The predicted molar refractivity (Wildman–Crippen MR) is 73.8 cm³/mol. The summed E-state index contributed by atoms with van der Waals surface area (Å²) in [6, 6.07) is 4.30. The van der Waals surface area contributed by atoms with Crippen LogP contribution in [0.3, 0.4) is 0 Å². The monoisotopic (exact) mass is 253 g/mol. The SMILES string of the molecule is CNCc1cc(C)c(OC/C(C)=C/Cl)c(C)c1. The van der Waals surface area contributed by atoms with Crippen LogP contribution in [0.15, 0.2) is 23.2 Å². The zero-order valence-corrected chi connectivity index (χ0v) is 11.7. The Morgan fingerprint density at radius 2 is 1.94 bits per heavy atom. The van der Waals surface area contributed by atoms with Gasteiger partial charge in [-0.3, -0.25) is 0 Å². The Kier molecular flexibility index (Phi) is 5.52.